The lowest BCUT2D eigenvalue weighted by atomic mass is 10.1. The molecule has 7 heteroatoms. The van der Waals surface area contributed by atoms with Crippen LogP contribution in [0.25, 0.3) is 0 Å². The molecule has 0 fully saturated rings. The number of anilines is 1. The molecule has 0 atom stereocenters. The number of rotatable bonds is 6. The lowest BCUT2D eigenvalue weighted by Crippen LogP contribution is -2.34. The van der Waals surface area contributed by atoms with E-state index in [4.69, 9.17) is 4.74 Å². The summed E-state index contributed by atoms with van der Waals surface area (Å²) in [7, 11) is 0. The molecule has 0 bridgehead atoms. The summed E-state index contributed by atoms with van der Waals surface area (Å²) < 4.78 is 4.87. The van der Waals surface area contributed by atoms with E-state index in [9.17, 15) is 19.2 Å². The topological polar surface area (TPSA) is 102 Å². The third-order valence-electron chi connectivity index (χ3n) is 3.28. The van der Waals surface area contributed by atoms with E-state index in [0.717, 1.165) is 0 Å². The molecule has 2 rings (SSSR count). The maximum atomic E-state index is 11.8. The number of hydrogen-bond donors (Lipinski definition) is 2. The number of carbonyl (C=O) groups excluding carboxylic acids is 4. The summed E-state index contributed by atoms with van der Waals surface area (Å²) in [6.45, 7) is 0.861. The molecule has 2 aromatic carbocycles. The van der Waals surface area contributed by atoms with Crippen LogP contribution in [0.1, 0.15) is 22.8 Å². The molecule has 0 aromatic heterocycles. The van der Waals surface area contributed by atoms with Crippen molar-refractivity contribution in [1.82, 2.24) is 5.32 Å². The van der Waals surface area contributed by atoms with E-state index >= 15 is 0 Å². The van der Waals surface area contributed by atoms with Gasteiger partial charge in [0.05, 0.1) is 6.42 Å². The molecular formula is C19H18N2O5. The molecule has 134 valence electrons. The van der Waals surface area contributed by atoms with Crippen LogP contribution < -0.4 is 10.6 Å². The summed E-state index contributed by atoms with van der Waals surface area (Å²) in [4.78, 5) is 46.2. The van der Waals surface area contributed by atoms with Gasteiger partial charge >= 0.3 is 5.97 Å². The lowest BCUT2D eigenvalue weighted by molar-refractivity contribution is -0.147. The van der Waals surface area contributed by atoms with Crippen LogP contribution in [0, 0.1) is 0 Å². The lowest BCUT2D eigenvalue weighted by Gasteiger charge is -2.07. The van der Waals surface area contributed by atoms with E-state index in [0.29, 0.717) is 16.8 Å². The number of benzene rings is 2. The van der Waals surface area contributed by atoms with Crippen LogP contribution in [-0.2, 0) is 25.5 Å². The first-order valence-electron chi connectivity index (χ1n) is 7.85. The zero-order valence-electron chi connectivity index (χ0n) is 14.2. The van der Waals surface area contributed by atoms with Gasteiger partial charge in [-0.15, -0.1) is 0 Å². The second kappa shape index (κ2) is 9.12. The predicted octanol–water partition coefficient (Wildman–Crippen LogP) is 1.69. The fourth-order valence-corrected chi connectivity index (χ4v) is 2.10. The summed E-state index contributed by atoms with van der Waals surface area (Å²) in [6, 6.07) is 14.9. The highest BCUT2D eigenvalue weighted by atomic mass is 16.5. The quantitative estimate of drug-likeness (QED) is 0.769. The largest absolute Gasteiger partial charge is 0.455 e. The molecule has 0 saturated heterocycles. The van der Waals surface area contributed by atoms with Gasteiger partial charge in [-0.05, 0) is 29.8 Å². The molecule has 26 heavy (non-hydrogen) atoms. The Kier molecular flexibility index (Phi) is 6.61. The normalized spacial score (nSPS) is 9.88. The predicted molar refractivity (Wildman–Crippen MR) is 94.3 cm³/mol. The highest BCUT2D eigenvalue weighted by Gasteiger charge is 2.12. The van der Waals surface area contributed by atoms with Crippen molar-refractivity contribution in [3.8, 4) is 0 Å². The van der Waals surface area contributed by atoms with Crippen LogP contribution in [0.4, 0.5) is 5.69 Å². The van der Waals surface area contributed by atoms with Gasteiger partial charge in [0, 0.05) is 18.2 Å². The average molecular weight is 354 g/mol. The molecule has 0 aliphatic heterocycles. The molecule has 2 aromatic rings. The van der Waals surface area contributed by atoms with Gasteiger partial charge < -0.3 is 10.1 Å². The van der Waals surface area contributed by atoms with Gasteiger partial charge in [-0.1, -0.05) is 30.3 Å². The standard InChI is InChI=1S/C19H18N2O5/c1-13(22)20-16-9-7-14(8-10-16)11-18(24)26-12-17(23)21-19(25)15-5-3-2-4-6-15/h2-10H,11-12H2,1H3,(H,20,22)(H,21,23,25). The number of imide groups is 1. The smallest absolute Gasteiger partial charge is 0.310 e. The zero-order valence-corrected chi connectivity index (χ0v) is 14.2. The molecule has 0 saturated carbocycles. The van der Waals surface area contributed by atoms with Crippen molar-refractivity contribution < 1.29 is 23.9 Å². The fourth-order valence-electron chi connectivity index (χ4n) is 2.10. The van der Waals surface area contributed by atoms with Crippen molar-refractivity contribution in [1.29, 1.82) is 0 Å². The van der Waals surface area contributed by atoms with Gasteiger partial charge in [0.15, 0.2) is 6.61 Å². The molecule has 0 heterocycles. The van der Waals surface area contributed by atoms with Crippen molar-refractivity contribution in [2.75, 3.05) is 11.9 Å². The van der Waals surface area contributed by atoms with Gasteiger partial charge in [-0.3, -0.25) is 24.5 Å². The van der Waals surface area contributed by atoms with Gasteiger partial charge in [0.25, 0.3) is 11.8 Å². The van der Waals surface area contributed by atoms with E-state index in [-0.39, 0.29) is 12.3 Å². The van der Waals surface area contributed by atoms with Crippen molar-refractivity contribution in [3.05, 3.63) is 65.7 Å². The number of nitrogens with one attached hydrogen (secondary N) is 2. The summed E-state index contributed by atoms with van der Waals surface area (Å²) in [6.07, 6.45) is -0.0275. The van der Waals surface area contributed by atoms with Crippen LogP contribution in [0.2, 0.25) is 0 Å². The number of esters is 1. The van der Waals surface area contributed by atoms with E-state index in [1.54, 1.807) is 54.6 Å². The molecule has 2 N–H and O–H groups in total. The van der Waals surface area contributed by atoms with Crippen LogP contribution in [0.3, 0.4) is 0 Å². The molecule has 0 spiro atoms. The monoisotopic (exact) mass is 354 g/mol. The SMILES string of the molecule is CC(=O)Nc1ccc(CC(=O)OCC(=O)NC(=O)c2ccccc2)cc1. The summed E-state index contributed by atoms with van der Waals surface area (Å²) in [5.41, 5.74) is 1.63. The third kappa shape index (κ3) is 6.20. The number of hydrogen-bond acceptors (Lipinski definition) is 5. The maximum Gasteiger partial charge on any atom is 0.310 e. The Hall–Kier alpha value is -3.48. The number of amides is 3. The Morgan fingerprint density at radius 3 is 2.19 bits per heavy atom. The van der Waals surface area contributed by atoms with E-state index in [1.807, 2.05) is 0 Å². The highest BCUT2D eigenvalue weighted by Crippen LogP contribution is 2.10. The van der Waals surface area contributed by atoms with Crippen LogP contribution in [0.5, 0.6) is 0 Å². The van der Waals surface area contributed by atoms with Crippen LogP contribution in [-0.4, -0.2) is 30.3 Å². The van der Waals surface area contributed by atoms with E-state index in [2.05, 4.69) is 10.6 Å². The van der Waals surface area contributed by atoms with Crippen LogP contribution >= 0.6 is 0 Å². The summed E-state index contributed by atoms with van der Waals surface area (Å²) in [5.74, 6) is -2.04. The first-order valence-corrected chi connectivity index (χ1v) is 7.85. The Morgan fingerprint density at radius 1 is 0.923 bits per heavy atom. The highest BCUT2D eigenvalue weighted by molar-refractivity contribution is 6.05. The van der Waals surface area contributed by atoms with E-state index in [1.165, 1.54) is 6.92 Å². The Morgan fingerprint density at radius 2 is 1.58 bits per heavy atom. The Balaban J connectivity index is 1.76. The Labute approximate surface area is 150 Å². The van der Waals surface area contributed by atoms with Crippen LogP contribution in [0.15, 0.2) is 54.6 Å². The van der Waals surface area contributed by atoms with Gasteiger partial charge in [-0.2, -0.15) is 0 Å². The third-order valence-corrected chi connectivity index (χ3v) is 3.28. The fraction of sp³-hybridized carbons (Fsp3) is 0.158. The first-order chi connectivity index (χ1) is 12.4. The molecular weight excluding hydrogens is 336 g/mol. The van der Waals surface area contributed by atoms with Crippen molar-refractivity contribution >= 4 is 29.4 Å². The number of ether oxygens (including phenoxy) is 1. The Bertz CT molecular complexity index is 800. The molecule has 0 aliphatic carbocycles. The van der Waals surface area contributed by atoms with Gasteiger partial charge in [0.1, 0.15) is 0 Å². The maximum absolute atomic E-state index is 11.8. The molecule has 0 aliphatic rings. The van der Waals surface area contributed by atoms with Gasteiger partial charge in [-0.25, -0.2) is 0 Å². The molecule has 7 nitrogen and oxygen atoms in total. The van der Waals surface area contributed by atoms with Crippen molar-refractivity contribution in [2.45, 2.75) is 13.3 Å². The second-order valence-corrected chi connectivity index (χ2v) is 5.46. The molecule has 3 amide bonds. The van der Waals surface area contributed by atoms with E-state index < -0.39 is 24.4 Å². The average Bonchev–Trinajstić information content (AvgIpc) is 2.62. The minimum absolute atomic E-state index is 0.0275. The molecule has 0 radical (unpaired) electrons. The van der Waals surface area contributed by atoms with Gasteiger partial charge in [0.2, 0.25) is 5.91 Å². The second-order valence-electron chi connectivity index (χ2n) is 5.46. The number of carbonyl (C=O) groups is 4. The molecule has 0 unspecified atom stereocenters. The minimum atomic E-state index is -0.701. The van der Waals surface area contributed by atoms with Crippen molar-refractivity contribution in [3.63, 3.8) is 0 Å². The first kappa shape index (κ1) is 18.9. The minimum Gasteiger partial charge on any atom is -0.455 e. The zero-order chi connectivity index (χ0) is 18.9. The van der Waals surface area contributed by atoms with Crippen molar-refractivity contribution in [2.24, 2.45) is 0 Å². The summed E-state index contributed by atoms with van der Waals surface area (Å²) >= 11 is 0. The summed E-state index contributed by atoms with van der Waals surface area (Å²) in [5, 5.41) is 4.76.